The summed E-state index contributed by atoms with van der Waals surface area (Å²) in [5.41, 5.74) is 4.04. The number of nitrogen functional groups attached to an aromatic ring is 1. The van der Waals surface area contributed by atoms with Crippen molar-refractivity contribution >= 4 is 41.7 Å². The highest BCUT2D eigenvalue weighted by molar-refractivity contribution is 5.93. The van der Waals surface area contributed by atoms with Gasteiger partial charge in [0, 0.05) is 33.1 Å². The number of H-pyrrole nitrogens is 2. The number of ether oxygens (including phenoxy) is 1. The fourth-order valence-corrected chi connectivity index (χ4v) is 4.67. The number of aliphatic imine (C=N–C) groups is 1. The molecule has 0 aliphatic carbocycles. The van der Waals surface area contributed by atoms with Gasteiger partial charge in [-0.3, -0.25) is 24.5 Å². The van der Waals surface area contributed by atoms with Crippen molar-refractivity contribution in [3.8, 4) is 0 Å². The number of nitrogens with one attached hydrogen (secondary N) is 4. The van der Waals surface area contributed by atoms with Crippen LogP contribution in [-0.4, -0.2) is 121 Å². The molecule has 0 spiro atoms. The Labute approximate surface area is 259 Å². The van der Waals surface area contributed by atoms with E-state index in [9.17, 15) is 34.8 Å². The summed E-state index contributed by atoms with van der Waals surface area (Å²) in [4.78, 5) is 57.1. The monoisotopic (exact) mass is 636 g/mol. The van der Waals surface area contributed by atoms with Crippen LogP contribution >= 0.6 is 0 Å². The zero-order valence-electron chi connectivity index (χ0n) is 26.4. The second-order valence-electron chi connectivity index (χ2n) is 12.2. The number of aliphatic hydroxyl groups excluding tert-OH is 4. The van der Waals surface area contributed by atoms with Gasteiger partial charge in [0.05, 0.1) is 36.3 Å². The van der Waals surface area contributed by atoms with Gasteiger partial charge >= 0.3 is 6.09 Å². The lowest BCUT2D eigenvalue weighted by atomic mass is 9.89. The van der Waals surface area contributed by atoms with Crippen LogP contribution in [-0.2, 0) is 11.2 Å². The van der Waals surface area contributed by atoms with Gasteiger partial charge in [0.2, 0.25) is 11.9 Å². The molecule has 2 aromatic heterocycles. The first kappa shape index (κ1) is 35.2. The smallest absolute Gasteiger partial charge is 0.415 e. The third-order valence-corrected chi connectivity index (χ3v) is 6.83. The van der Waals surface area contributed by atoms with E-state index in [1.54, 1.807) is 39.8 Å². The Kier molecular flexibility index (Phi) is 11.1. The van der Waals surface area contributed by atoms with Gasteiger partial charge in [-0.15, -0.1) is 0 Å². The van der Waals surface area contributed by atoms with Crippen molar-refractivity contribution in [3.63, 3.8) is 0 Å². The number of anilines is 4. The minimum absolute atomic E-state index is 0.0589. The first-order chi connectivity index (χ1) is 20.9. The van der Waals surface area contributed by atoms with Crippen molar-refractivity contribution in [2.75, 3.05) is 48.5 Å². The minimum Gasteiger partial charge on any atom is -0.443 e. The largest absolute Gasteiger partial charge is 0.443 e. The molecule has 0 saturated carbocycles. The number of rotatable bonds is 6. The number of hydrogen-bond acceptors (Lipinski definition) is 14. The van der Waals surface area contributed by atoms with Crippen molar-refractivity contribution in [2.45, 2.75) is 77.1 Å². The van der Waals surface area contributed by atoms with Gasteiger partial charge in [0.1, 0.15) is 17.5 Å². The zero-order valence-corrected chi connectivity index (χ0v) is 26.4. The topological polar surface area (TPSA) is 268 Å². The van der Waals surface area contributed by atoms with Crippen LogP contribution in [0.4, 0.5) is 34.0 Å². The van der Waals surface area contributed by atoms with E-state index >= 15 is 0 Å². The van der Waals surface area contributed by atoms with Crippen LogP contribution in [0.25, 0.3) is 0 Å². The molecule has 0 bridgehead atoms. The number of hydrogen-bond donors (Lipinski definition) is 9. The normalized spacial score (nSPS) is 20.3. The Morgan fingerprint density at radius 2 is 1.64 bits per heavy atom. The molecule has 10 N–H and O–H groups in total. The van der Waals surface area contributed by atoms with Crippen molar-refractivity contribution in [1.29, 1.82) is 0 Å². The molecule has 0 saturated heterocycles. The number of carbonyl (C=O) groups excluding carboxylic acids is 1. The van der Waals surface area contributed by atoms with E-state index in [-0.39, 0.29) is 41.4 Å². The van der Waals surface area contributed by atoms with Crippen LogP contribution in [0.5, 0.6) is 0 Å². The zero-order chi connectivity index (χ0) is 33.8. The molecule has 2 aliphatic heterocycles. The number of nitrogens with two attached hydrogens (primary N) is 1. The minimum atomic E-state index is -1.31. The number of fused-ring (bicyclic) bond motifs is 2. The van der Waals surface area contributed by atoms with E-state index in [0.29, 0.717) is 24.3 Å². The van der Waals surface area contributed by atoms with Crippen LogP contribution < -0.4 is 32.4 Å². The predicted octanol–water partition coefficient (Wildman–Crippen LogP) is -1.05. The van der Waals surface area contributed by atoms with Crippen LogP contribution in [0.3, 0.4) is 0 Å². The quantitative estimate of drug-likeness (QED) is 0.135. The van der Waals surface area contributed by atoms with Gasteiger partial charge in [-0.1, -0.05) is 0 Å². The number of nitrogens with zero attached hydrogens (tertiary/aromatic N) is 5. The Balaban J connectivity index is 0.000000276. The lowest BCUT2D eigenvalue weighted by molar-refractivity contribution is -0.00446. The molecule has 18 heteroatoms. The number of amides is 1. The van der Waals surface area contributed by atoms with E-state index in [1.165, 1.54) is 20.2 Å². The molecule has 6 atom stereocenters. The molecule has 250 valence electrons. The summed E-state index contributed by atoms with van der Waals surface area (Å²) in [5, 5.41) is 45.2. The van der Waals surface area contributed by atoms with Gasteiger partial charge in [-0.2, -0.15) is 9.97 Å². The number of aliphatic hydroxyl groups is 4. The summed E-state index contributed by atoms with van der Waals surface area (Å²) in [6, 6.07) is -0.929. The van der Waals surface area contributed by atoms with E-state index in [4.69, 9.17) is 10.5 Å². The van der Waals surface area contributed by atoms with Gasteiger partial charge < -0.3 is 46.4 Å². The second kappa shape index (κ2) is 14.2. The molecule has 2 aromatic rings. The highest BCUT2D eigenvalue weighted by Crippen LogP contribution is 2.31. The van der Waals surface area contributed by atoms with Crippen LogP contribution in [0.15, 0.2) is 14.6 Å². The lowest BCUT2D eigenvalue weighted by Crippen LogP contribution is -2.58. The van der Waals surface area contributed by atoms with Gasteiger partial charge in [-0.05, 0) is 41.0 Å². The van der Waals surface area contributed by atoms with Crippen LogP contribution in [0.2, 0.25) is 0 Å². The van der Waals surface area contributed by atoms with Crippen molar-refractivity contribution in [3.05, 3.63) is 26.3 Å². The summed E-state index contributed by atoms with van der Waals surface area (Å²) < 4.78 is 5.41. The van der Waals surface area contributed by atoms with Crippen LogP contribution in [0.1, 0.15) is 40.2 Å². The molecule has 18 nitrogen and oxygen atoms in total. The highest BCUT2D eigenvalue weighted by Gasteiger charge is 2.42. The number of carbonyl (C=O) groups is 1. The van der Waals surface area contributed by atoms with Crippen molar-refractivity contribution in [1.82, 2.24) is 24.8 Å². The number of aromatic amines is 2. The molecule has 1 amide bonds. The van der Waals surface area contributed by atoms with Crippen molar-refractivity contribution in [2.24, 2.45) is 10.9 Å². The third kappa shape index (κ3) is 8.90. The Hall–Kier alpha value is -4.26. The molecule has 0 radical (unpaired) electrons. The third-order valence-electron chi connectivity index (χ3n) is 6.83. The molecule has 2 unspecified atom stereocenters. The average molecular weight is 637 g/mol. The second-order valence-corrected chi connectivity index (χ2v) is 12.2. The van der Waals surface area contributed by atoms with Crippen LogP contribution in [0, 0.1) is 5.92 Å². The van der Waals surface area contributed by atoms with E-state index in [1.807, 2.05) is 0 Å². The maximum absolute atomic E-state index is 12.8. The van der Waals surface area contributed by atoms with Gasteiger partial charge in [-0.25, -0.2) is 9.79 Å². The molecular formula is C27H44N10O8. The molecule has 0 aromatic carbocycles. The molecule has 45 heavy (non-hydrogen) atoms. The Morgan fingerprint density at radius 3 is 2.22 bits per heavy atom. The maximum atomic E-state index is 12.8. The van der Waals surface area contributed by atoms with E-state index in [0.717, 1.165) is 4.90 Å². The first-order valence-electron chi connectivity index (χ1n) is 14.3. The standard InChI is InChI=1S/C17H28N6O5.C10H16N4O3/c1-9(24)12(25)10-7-18-13-11(23(10)16(27)28-17(2,3)4)14(26)21-15(20-13)19-8-22(5)6;1-4(15)7(16)5-2-6-8(12-3-5)13-10(11)14-9(6)17/h8-10,12,24-25H,7H2,1-6H3,(H2,18,20,21,26);4-5,7,15-16H,2-3H2,1H3,(H4,11,12,13,14,17)/t9-,10?,12-;4-,5?,7-/m00/s1. The van der Waals surface area contributed by atoms with E-state index in [2.05, 4.69) is 35.6 Å². The highest BCUT2D eigenvalue weighted by atomic mass is 16.6. The summed E-state index contributed by atoms with van der Waals surface area (Å²) in [6.07, 6.45) is -3.11. The summed E-state index contributed by atoms with van der Waals surface area (Å²) in [5.74, 6) is 0.503. The maximum Gasteiger partial charge on any atom is 0.415 e. The Bertz CT molecular complexity index is 1480. The average Bonchev–Trinajstić information content (AvgIpc) is 2.93. The fourth-order valence-electron chi connectivity index (χ4n) is 4.67. The number of aromatic nitrogens is 4. The Morgan fingerprint density at radius 1 is 1.02 bits per heavy atom. The predicted molar refractivity (Wildman–Crippen MR) is 168 cm³/mol. The molecule has 4 rings (SSSR count). The molecule has 0 fully saturated rings. The van der Waals surface area contributed by atoms with Gasteiger partial charge in [0.15, 0.2) is 11.5 Å². The molecule has 4 heterocycles. The molecule has 2 aliphatic rings. The van der Waals surface area contributed by atoms with E-state index < -0.39 is 47.7 Å². The summed E-state index contributed by atoms with van der Waals surface area (Å²) in [6.45, 7) is 8.50. The first-order valence-corrected chi connectivity index (χ1v) is 14.3. The fraction of sp³-hybridized carbons (Fsp3) is 0.630. The van der Waals surface area contributed by atoms with Crippen molar-refractivity contribution < 1.29 is 30.0 Å². The van der Waals surface area contributed by atoms with Gasteiger partial charge in [0.25, 0.3) is 11.1 Å². The summed E-state index contributed by atoms with van der Waals surface area (Å²) in [7, 11) is 3.54. The lowest BCUT2D eigenvalue weighted by Gasteiger charge is -2.39. The summed E-state index contributed by atoms with van der Waals surface area (Å²) >= 11 is 0. The SMILES string of the molecule is C[C@H](O)[C@H](O)C1CNc2nc(N)[nH]c(=O)c2C1.C[C@H](O)[C@H](O)C1CNc2nc(N=CN(C)C)[nH]c(=O)c2N1C(=O)OC(C)(C)C. The molecular weight excluding hydrogens is 592 g/mol.